The van der Waals surface area contributed by atoms with Crippen LogP contribution in [0.25, 0.3) is 5.52 Å². The maximum absolute atomic E-state index is 13.1. The van der Waals surface area contributed by atoms with Gasteiger partial charge in [-0.3, -0.25) is 4.79 Å². The summed E-state index contributed by atoms with van der Waals surface area (Å²) in [5, 5.41) is 3.17. The van der Waals surface area contributed by atoms with Crippen molar-refractivity contribution in [1.82, 2.24) is 14.7 Å². The molecule has 1 amide bonds. The van der Waals surface area contributed by atoms with E-state index in [4.69, 9.17) is 4.74 Å². The highest BCUT2D eigenvalue weighted by atomic mass is 16.5. The van der Waals surface area contributed by atoms with Gasteiger partial charge in [0.1, 0.15) is 11.6 Å². The zero-order chi connectivity index (χ0) is 19.3. The second kappa shape index (κ2) is 8.46. The monoisotopic (exact) mass is 377 g/mol. The molecule has 2 aromatic heterocycles. The molecule has 4 rings (SSSR count). The summed E-state index contributed by atoms with van der Waals surface area (Å²) < 4.78 is 7.34. The average molecular weight is 377 g/mol. The van der Waals surface area contributed by atoms with Crippen LogP contribution in [0.4, 0.5) is 0 Å². The molecule has 1 aliphatic carbocycles. The summed E-state index contributed by atoms with van der Waals surface area (Å²) in [5.41, 5.74) is 2.15. The molecule has 2 heterocycles. The Kier molecular flexibility index (Phi) is 5.60. The van der Waals surface area contributed by atoms with E-state index in [0.29, 0.717) is 18.9 Å². The van der Waals surface area contributed by atoms with Crippen molar-refractivity contribution in [3.05, 3.63) is 66.2 Å². The summed E-state index contributed by atoms with van der Waals surface area (Å²) in [5.74, 6) is 2.24. The van der Waals surface area contributed by atoms with E-state index in [9.17, 15) is 4.79 Å². The molecule has 5 nitrogen and oxygen atoms in total. The first kappa shape index (κ1) is 18.5. The number of imidazole rings is 1. The van der Waals surface area contributed by atoms with Gasteiger partial charge in [-0.05, 0) is 48.6 Å². The van der Waals surface area contributed by atoms with Crippen molar-refractivity contribution < 1.29 is 9.53 Å². The number of pyridine rings is 1. The SMILES string of the molecule is COc1ccc(C(C(=O)NCCc2ncc3ccccn23)C2CCCC2)cc1. The standard InChI is InChI=1S/C23H27N3O2/c1-28-20-11-9-18(10-12-20)22(17-6-2-3-7-17)23(27)24-14-13-21-25-16-19-8-4-5-15-26(19)21/h4-5,8-12,15-17,22H,2-3,6-7,13-14H2,1H3,(H,24,27). The molecule has 1 aliphatic rings. The van der Waals surface area contributed by atoms with Gasteiger partial charge in [-0.2, -0.15) is 0 Å². The van der Waals surface area contributed by atoms with E-state index in [1.54, 1.807) is 7.11 Å². The van der Waals surface area contributed by atoms with Gasteiger partial charge in [0.2, 0.25) is 5.91 Å². The van der Waals surface area contributed by atoms with Crippen molar-refractivity contribution in [1.29, 1.82) is 0 Å². The first-order valence-electron chi connectivity index (χ1n) is 10.1. The van der Waals surface area contributed by atoms with Crippen LogP contribution < -0.4 is 10.1 Å². The second-order valence-corrected chi connectivity index (χ2v) is 7.51. The highest BCUT2D eigenvalue weighted by Crippen LogP contribution is 2.38. The van der Waals surface area contributed by atoms with Gasteiger partial charge in [0, 0.05) is 19.2 Å². The number of carbonyl (C=O) groups is 1. The van der Waals surface area contributed by atoms with Gasteiger partial charge in [-0.25, -0.2) is 4.98 Å². The first-order valence-corrected chi connectivity index (χ1v) is 10.1. The van der Waals surface area contributed by atoms with Gasteiger partial charge in [0.05, 0.1) is 24.7 Å². The minimum absolute atomic E-state index is 0.0922. The van der Waals surface area contributed by atoms with Crippen molar-refractivity contribution >= 4 is 11.4 Å². The molecule has 1 saturated carbocycles. The van der Waals surface area contributed by atoms with Crippen LogP contribution in [-0.2, 0) is 11.2 Å². The molecule has 0 aliphatic heterocycles. The first-order chi connectivity index (χ1) is 13.8. The number of fused-ring (bicyclic) bond motifs is 1. The Bertz CT molecular complexity index is 926. The van der Waals surface area contributed by atoms with Crippen LogP contribution in [0.3, 0.4) is 0 Å². The van der Waals surface area contributed by atoms with E-state index in [2.05, 4.69) is 14.7 Å². The fraction of sp³-hybridized carbons (Fsp3) is 0.391. The third-order valence-electron chi connectivity index (χ3n) is 5.79. The number of nitrogens with one attached hydrogen (secondary N) is 1. The summed E-state index contributed by atoms with van der Waals surface area (Å²) in [6.07, 6.45) is 9.26. The highest BCUT2D eigenvalue weighted by Gasteiger charge is 2.31. The van der Waals surface area contributed by atoms with Crippen LogP contribution >= 0.6 is 0 Å². The third kappa shape index (κ3) is 3.88. The summed E-state index contributed by atoms with van der Waals surface area (Å²) in [6.45, 7) is 0.589. The van der Waals surface area contributed by atoms with Gasteiger partial charge in [-0.1, -0.05) is 31.0 Å². The minimum Gasteiger partial charge on any atom is -0.497 e. The van der Waals surface area contributed by atoms with Crippen molar-refractivity contribution in [3.8, 4) is 5.75 Å². The molecular formula is C23H27N3O2. The van der Waals surface area contributed by atoms with Crippen LogP contribution in [0, 0.1) is 5.92 Å². The van der Waals surface area contributed by atoms with Crippen LogP contribution in [-0.4, -0.2) is 28.9 Å². The minimum atomic E-state index is -0.0922. The van der Waals surface area contributed by atoms with Gasteiger partial charge >= 0.3 is 0 Å². The number of ether oxygens (including phenoxy) is 1. The van der Waals surface area contributed by atoms with Crippen LogP contribution in [0.1, 0.15) is 43.0 Å². The summed E-state index contributed by atoms with van der Waals surface area (Å²) >= 11 is 0. The Hall–Kier alpha value is -2.82. The van der Waals surface area contributed by atoms with E-state index < -0.39 is 0 Å². The largest absolute Gasteiger partial charge is 0.497 e. The number of rotatable bonds is 7. The predicted octanol–water partition coefficient (Wildman–Crippen LogP) is 3.98. The molecular weight excluding hydrogens is 350 g/mol. The maximum atomic E-state index is 13.1. The van der Waals surface area contributed by atoms with Gasteiger partial charge in [-0.15, -0.1) is 0 Å². The second-order valence-electron chi connectivity index (χ2n) is 7.51. The molecule has 28 heavy (non-hydrogen) atoms. The van der Waals surface area contributed by atoms with Gasteiger partial charge in [0.25, 0.3) is 0 Å². The summed E-state index contributed by atoms with van der Waals surface area (Å²) in [4.78, 5) is 17.6. The van der Waals surface area contributed by atoms with Crippen LogP contribution in [0.15, 0.2) is 54.9 Å². The summed E-state index contributed by atoms with van der Waals surface area (Å²) in [7, 11) is 1.66. The Balaban J connectivity index is 1.44. The summed E-state index contributed by atoms with van der Waals surface area (Å²) in [6, 6.07) is 14.0. The molecule has 1 aromatic carbocycles. The fourth-order valence-corrected chi connectivity index (χ4v) is 4.33. The predicted molar refractivity (Wildman–Crippen MR) is 110 cm³/mol. The highest BCUT2D eigenvalue weighted by molar-refractivity contribution is 5.84. The quantitative estimate of drug-likeness (QED) is 0.678. The molecule has 0 bridgehead atoms. The molecule has 0 spiro atoms. The number of aromatic nitrogens is 2. The fourth-order valence-electron chi connectivity index (χ4n) is 4.33. The number of methoxy groups -OCH3 is 1. The van der Waals surface area contributed by atoms with Gasteiger partial charge in [0.15, 0.2) is 0 Å². The van der Waals surface area contributed by atoms with E-state index >= 15 is 0 Å². The molecule has 1 N–H and O–H groups in total. The zero-order valence-electron chi connectivity index (χ0n) is 16.3. The lowest BCUT2D eigenvalue weighted by atomic mass is 9.84. The molecule has 0 radical (unpaired) electrons. The number of benzene rings is 1. The van der Waals surface area contributed by atoms with E-state index in [0.717, 1.165) is 35.5 Å². The number of hydrogen-bond donors (Lipinski definition) is 1. The van der Waals surface area contributed by atoms with Crippen molar-refractivity contribution in [2.24, 2.45) is 5.92 Å². The molecule has 3 aromatic rings. The van der Waals surface area contributed by atoms with Crippen molar-refractivity contribution in [3.63, 3.8) is 0 Å². The van der Waals surface area contributed by atoms with Crippen LogP contribution in [0.5, 0.6) is 5.75 Å². The molecule has 0 saturated heterocycles. The number of hydrogen-bond acceptors (Lipinski definition) is 3. The van der Waals surface area contributed by atoms with Crippen LogP contribution in [0.2, 0.25) is 0 Å². The molecule has 1 fully saturated rings. The van der Waals surface area contributed by atoms with Crippen molar-refractivity contribution in [2.75, 3.05) is 13.7 Å². The molecule has 5 heteroatoms. The van der Waals surface area contributed by atoms with Gasteiger partial charge < -0.3 is 14.5 Å². The Morgan fingerprint density at radius 3 is 2.75 bits per heavy atom. The lowest BCUT2D eigenvalue weighted by molar-refractivity contribution is -0.123. The third-order valence-corrected chi connectivity index (χ3v) is 5.79. The average Bonchev–Trinajstić information content (AvgIpc) is 3.39. The zero-order valence-corrected chi connectivity index (χ0v) is 16.3. The van der Waals surface area contributed by atoms with Crippen molar-refractivity contribution in [2.45, 2.75) is 38.0 Å². The normalized spacial score (nSPS) is 15.6. The maximum Gasteiger partial charge on any atom is 0.227 e. The molecule has 1 atom stereocenters. The Labute approximate surface area is 165 Å². The lowest BCUT2D eigenvalue weighted by Gasteiger charge is -2.23. The van der Waals surface area contributed by atoms with E-state index in [1.807, 2.05) is 54.9 Å². The Morgan fingerprint density at radius 2 is 2.00 bits per heavy atom. The molecule has 146 valence electrons. The number of amides is 1. The smallest absolute Gasteiger partial charge is 0.227 e. The number of carbonyl (C=O) groups excluding carboxylic acids is 1. The topological polar surface area (TPSA) is 55.6 Å². The van der Waals surface area contributed by atoms with E-state index in [-0.39, 0.29) is 11.8 Å². The van der Waals surface area contributed by atoms with E-state index in [1.165, 1.54) is 12.8 Å². The lowest BCUT2D eigenvalue weighted by Crippen LogP contribution is -2.34. The Morgan fingerprint density at radius 1 is 1.21 bits per heavy atom. The molecule has 1 unspecified atom stereocenters. The number of nitrogens with zero attached hydrogens (tertiary/aromatic N) is 2.